The number of hydrogen-bond donors (Lipinski definition) is 1. The smallest absolute Gasteiger partial charge is 0.340 e. The maximum absolute atomic E-state index is 11.7. The molecular weight excluding hydrogens is 230 g/mol. The van der Waals surface area contributed by atoms with Crippen LogP contribution in [0, 0.1) is 0 Å². The Labute approximate surface area is 106 Å². The van der Waals surface area contributed by atoms with E-state index >= 15 is 0 Å². The fraction of sp³-hybridized carbons (Fsp3) is 0.214. The maximum atomic E-state index is 11.7. The summed E-state index contributed by atoms with van der Waals surface area (Å²) >= 11 is 0. The normalized spacial score (nSPS) is 10.1. The predicted molar refractivity (Wildman–Crippen MR) is 68.4 cm³/mol. The summed E-state index contributed by atoms with van der Waals surface area (Å²) in [7, 11) is 0. The molecule has 2 aromatic rings. The van der Waals surface area contributed by atoms with Crippen LogP contribution in [0.2, 0.25) is 0 Å². The molecule has 0 saturated carbocycles. The van der Waals surface area contributed by atoms with Crippen molar-refractivity contribution in [2.45, 2.75) is 13.5 Å². The minimum Gasteiger partial charge on any atom is -0.467 e. The number of nitrogens with one attached hydrogen (secondary N) is 1. The highest BCUT2D eigenvalue weighted by Crippen LogP contribution is 2.17. The lowest BCUT2D eigenvalue weighted by Crippen LogP contribution is -2.09. The van der Waals surface area contributed by atoms with E-state index in [1.54, 1.807) is 19.3 Å². The van der Waals surface area contributed by atoms with Gasteiger partial charge >= 0.3 is 5.97 Å². The summed E-state index contributed by atoms with van der Waals surface area (Å²) < 4.78 is 10.2. The van der Waals surface area contributed by atoms with Crippen molar-refractivity contribution in [2.75, 3.05) is 11.9 Å². The zero-order valence-corrected chi connectivity index (χ0v) is 10.2. The third-order valence-corrected chi connectivity index (χ3v) is 2.46. The van der Waals surface area contributed by atoms with Crippen molar-refractivity contribution in [1.29, 1.82) is 0 Å². The average molecular weight is 245 g/mol. The van der Waals surface area contributed by atoms with Crippen LogP contribution in [0.4, 0.5) is 5.69 Å². The van der Waals surface area contributed by atoms with Crippen LogP contribution >= 0.6 is 0 Å². The number of para-hydroxylation sites is 1. The van der Waals surface area contributed by atoms with Gasteiger partial charge in [-0.25, -0.2) is 4.79 Å². The van der Waals surface area contributed by atoms with Gasteiger partial charge in [0.2, 0.25) is 0 Å². The van der Waals surface area contributed by atoms with E-state index in [1.165, 1.54) is 0 Å². The van der Waals surface area contributed by atoms with E-state index < -0.39 is 0 Å². The molecule has 0 atom stereocenters. The number of hydrogen-bond acceptors (Lipinski definition) is 4. The zero-order valence-electron chi connectivity index (χ0n) is 10.2. The molecule has 0 unspecified atom stereocenters. The topological polar surface area (TPSA) is 51.5 Å². The molecule has 0 fully saturated rings. The van der Waals surface area contributed by atoms with Crippen molar-refractivity contribution < 1.29 is 13.9 Å². The van der Waals surface area contributed by atoms with Crippen molar-refractivity contribution in [1.82, 2.24) is 0 Å². The Hall–Kier alpha value is -2.23. The first-order chi connectivity index (χ1) is 8.81. The third-order valence-electron chi connectivity index (χ3n) is 2.46. The van der Waals surface area contributed by atoms with Crippen LogP contribution in [0.15, 0.2) is 47.1 Å². The summed E-state index contributed by atoms with van der Waals surface area (Å²) in [6, 6.07) is 11.0. The van der Waals surface area contributed by atoms with E-state index in [-0.39, 0.29) is 5.97 Å². The quantitative estimate of drug-likeness (QED) is 0.822. The van der Waals surface area contributed by atoms with E-state index in [0.29, 0.717) is 18.7 Å². The van der Waals surface area contributed by atoms with Gasteiger partial charge in [0.05, 0.1) is 25.0 Å². The summed E-state index contributed by atoms with van der Waals surface area (Å²) in [4.78, 5) is 11.7. The molecule has 18 heavy (non-hydrogen) atoms. The van der Waals surface area contributed by atoms with Gasteiger partial charge in [0.1, 0.15) is 5.76 Å². The molecule has 1 heterocycles. The summed E-state index contributed by atoms with van der Waals surface area (Å²) in [6.45, 7) is 2.69. The van der Waals surface area contributed by atoms with E-state index in [2.05, 4.69) is 5.32 Å². The van der Waals surface area contributed by atoms with Crippen LogP contribution < -0.4 is 5.32 Å². The van der Waals surface area contributed by atoms with Gasteiger partial charge < -0.3 is 14.5 Å². The van der Waals surface area contributed by atoms with Crippen LogP contribution in [0.5, 0.6) is 0 Å². The zero-order chi connectivity index (χ0) is 12.8. The Balaban J connectivity index is 2.09. The average Bonchev–Trinajstić information content (AvgIpc) is 2.90. The van der Waals surface area contributed by atoms with Crippen LogP contribution in [0.1, 0.15) is 23.0 Å². The minimum absolute atomic E-state index is 0.319. The second kappa shape index (κ2) is 5.91. The molecule has 94 valence electrons. The molecule has 0 amide bonds. The first kappa shape index (κ1) is 12.2. The van der Waals surface area contributed by atoms with Gasteiger partial charge in [-0.3, -0.25) is 0 Å². The van der Waals surface area contributed by atoms with E-state index in [9.17, 15) is 4.79 Å². The molecule has 4 nitrogen and oxygen atoms in total. The largest absolute Gasteiger partial charge is 0.467 e. The van der Waals surface area contributed by atoms with Gasteiger partial charge in [-0.15, -0.1) is 0 Å². The second-order valence-corrected chi connectivity index (χ2v) is 3.70. The Bertz CT molecular complexity index is 506. The molecular formula is C14H15NO3. The molecule has 0 aliphatic heterocycles. The lowest BCUT2D eigenvalue weighted by Gasteiger charge is -2.10. The predicted octanol–water partition coefficient (Wildman–Crippen LogP) is 3.07. The van der Waals surface area contributed by atoms with Crippen molar-refractivity contribution >= 4 is 11.7 Å². The summed E-state index contributed by atoms with van der Waals surface area (Å²) in [6.07, 6.45) is 1.62. The van der Waals surface area contributed by atoms with Gasteiger partial charge in [-0.05, 0) is 31.2 Å². The molecule has 0 saturated heterocycles. The number of rotatable bonds is 5. The highest BCUT2D eigenvalue weighted by Gasteiger charge is 2.11. The number of benzene rings is 1. The lowest BCUT2D eigenvalue weighted by molar-refractivity contribution is 0.0527. The molecule has 2 rings (SSSR count). The van der Waals surface area contributed by atoms with E-state index in [4.69, 9.17) is 9.15 Å². The molecule has 0 aliphatic rings. The Morgan fingerprint density at radius 2 is 2.11 bits per heavy atom. The first-order valence-corrected chi connectivity index (χ1v) is 5.83. The van der Waals surface area contributed by atoms with Gasteiger partial charge in [0.15, 0.2) is 0 Å². The summed E-state index contributed by atoms with van der Waals surface area (Å²) in [5.41, 5.74) is 1.28. The minimum atomic E-state index is -0.319. The number of furan rings is 1. The molecule has 0 bridgehead atoms. The van der Waals surface area contributed by atoms with Crippen molar-refractivity contribution in [3.8, 4) is 0 Å². The number of esters is 1. The highest BCUT2D eigenvalue weighted by atomic mass is 16.5. The van der Waals surface area contributed by atoms with Gasteiger partial charge in [-0.1, -0.05) is 12.1 Å². The molecule has 0 spiro atoms. The molecule has 1 N–H and O–H groups in total. The molecule has 4 heteroatoms. The fourth-order valence-electron chi connectivity index (χ4n) is 1.62. The SMILES string of the molecule is CCOC(=O)c1ccccc1NCc1ccco1. The Morgan fingerprint density at radius 1 is 1.28 bits per heavy atom. The summed E-state index contributed by atoms with van der Waals surface area (Å²) in [5.74, 6) is 0.494. The van der Waals surface area contributed by atoms with Crippen LogP contribution in [-0.2, 0) is 11.3 Å². The number of ether oxygens (including phenoxy) is 1. The first-order valence-electron chi connectivity index (χ1n) is 5.83. The number of carbonyl (C=O) groups is 1. The second-order valence-electron chi connectivity index (χ2n) is 3.70. The van der Waals surface area contributed by atoms with Gasteiger partial charge in [-0.2, -0.15) is 0 Å². The third kappa shape index (κ3) is 2.91. The molecule has 0 aliphatic carbocycles. The van der Waals surface area contributed by atoms with Gasteiger partial charge in [0.25, 0.3) is 0 Å². The van der Waals surface area contributed by atoms with Gasteiger partial charge in [0, 0.05) is 5.69 Å². The summed E-state index contributed by atoms with van der Waals surface area (Å²) in [5, 5.41) is 3.16. The van der Waals surface area contributed by atoms with E-state index in [1.807, 2.05) is 30.3 Å². The van der Waals surface area contributed by atoms with Crippen LogP contribution in [0.3, 0.4) is 0 Å². The standard InChI is InChI=1S/C14H15NO3/c1-2-17-14(16)12-7-3-4-8-13(12)15-10-11-6-5-9-18-11/h3-9,15H,2,10H2,1H3. The molecule has 1 aromatic heterocycles. The number of carbonyl (C=O) groups excluding carboxylic acids is 1. The Kier molecular flexibility index (Phi) is 4.02. The fourth-order valence-corrected chi connectivity index (χ4v) is 1.62. The molecule has 0 radical (unpaired) electrons. The van der Waals surface area contributed by atoms with E-state index in [0.717, 1.165) is 11.4 Å². The van der Waals surface area contributed by atoms with Crippen molar-refractivity contribution in [3.63, 3.8) is 0 Å². The van der Waals surface area contributed by atoms with Crippen molar-refractivity contribution in [3.05, 3.63) is 54.0 Å². The Morgan fingerprint density at radius 3 is 2.83 bits per heavy atom. The lowest BCUT2D eigenvalue weighted by atomic mass is 10.2. The highest BCUT2D eigenvalue weighted by molar-refractivity contribution is 5.95. The molecule has 1 aromatic carbocycles. The maximum Gasteiger partial charge on any atom is 0.340 e. The van der Waals surface area contributed by atoms with Crippen LogP contribution in [-0.4, -0.2) is 12.6 Å². The number of anilines is 1. The monoisotopic (exact) mass is 245 g/mol. The van der Waals surface area contributed by atoms with Crippen LogP contribution in [0.25, 0.3) is 0 Å². The van der Waals surface area contributed by atoms with Crippen molar-refractivity contribution in [2.24, 2.45) is 0 Å².